The second-order valence-electron chi connectivity index (χ2n) is 10.3. The summed E-state index contributed by atoms with van der Waals surface area (Å²) >= 11 is 0. The van der Waals surface area contributed by atoms with Crippen LogP contribution >= 0.6 is 7.92 Å². The van der Waals surface area contributed by atoms with Crippen molar-refractivity contribution in [2.45, 2.75) is 81.7 Å². The zero-order valence-corrected chi connectivity index (χ0v) is 19.5. The maximum atomic E-state index is 2.41. The molecule has 0 aliphatic heterocycles. The summed E-state index contributed by atoms with van der Waals surface area (Å²) in [5.41, 5.74) is 4.34. The van der Waals surface area contributed by atoms with E-state index < -0.39 is 0 Å². The minimum absolute atomic E-state index is 0.182. The molecule has 5 rings (SSSR count). The molecule has 1 heteroatoms. The van der Waals surface area contributed by atoms with E-state index in [1.165, 1.54) is 64.2 Å². The van der Waals surface area contributed by atoms with E-state index in [-0.39, 0.29) is 7.92 Å². The van der Waals surface area contributed by atoms with Gasteiger partial charge in [-0.25, -0.2) is 0 Å². The second-order valence-corrected chi connectivity index (χ2v) is 12.9. The lowest BCUT2D eigenvalue weighted by Crippen LogP contribution is -2.19. The van der Waals surface area contributed by atoms with Crippen LogP contribution in [-0.4, -0.2) is 18.0 Å². The third-order valence-electron chi connectivity index (χ3n) is 8.55. The summed E-state index contributed by atoms with van der Waals surface area (Å²) in [7, 11) is 0.182. The van der Waals surface area contributed by atoms with Crippen LogP contribution in [0.25, 0.3) is 0 Å². The largest absolute Gasteiger partial charge is 0.103 e. The number of rotatable bonds is 7. The van der Waals surface area contributed by atoms with Gasteiger partial charge in [0.05, 0.1) is 0 Å². The van der Waals surface area contributed by atoms with Gasteiger partial charge in [0.1, 0.15) is 0 Å². The summed E-state index contributed by atoms with van der Waals surface area (Å²) in [6.07, 6.45) is 17.9. The Morgan fingerprint density at radius 3 is 1.47 bits per heavy atom. The molecular formula is C29H39P. The van der Waals surface area contributed by atoms with Gasteiger partial charge < -0.3 is 0 Å². The first-order chi connectivity index (χ1) is 14.9. The second kappa shape index (κ2) is 9.99. The molecule has 160 valence electrons. The normalized spacial score (nSPS) is 30.7. The van der Waals surface area contributed by atoms with Crippen molar-refractivity contribution in [2.75, 3.05) is 12.3 Å². The van der Waals surface area contributed by atoms with Crippen molar-refractivity contribution in [3.05, 3.63) is 71.8 Å². The molecule has 0 heterocycles. The molecule has 0 radical (unpaired) electrons. The molecule has 0 saturated heterocycles. The van der Waals surface area contributed by atoms with Gasteiger partial charge >= 0.3 is 0 Å². The van der Waals surface area contributed by atoms with E-state index in [0.717, 1.165) is 29.3 Å². The average Bonchev–Trinajstić information content (AvgIpc) is 3.56. The van der Waals surface area contributed by atoms with Crippen LogP contribution in [0, 0.1) is 11.8 Å². The summed E-state index contributed by atoms with van der Waals surface area (Å²) < 4.78 is 0. The third-order valence-corrected chi connectivity index (χ3v) is 12.0. The van der Waals surface area contributed by atoms with Crippen LogP contribution < -0.4 is 0 Å². The molecule has 0 aromatic heterocycles. The number of hydrogen-bond donors (Lipinski definition) is 0. The highest BCUT2D eigenvalue weighted by atomic mass is 31.1. The van der Waals surface area contributed by atoms with Crippen molar-refractivity contribution in [2.24, 2.45) is 11.8 Å². The van der Waals surface area contributed by atoms with Gasteiger partial charge in [0.25, 0.3) is 0 Å². The minimum atomic E-state index is 0.182. The lowest BCUT2D eigenvalue weighted by atomic mass is 9.90. The first kappa shape index (κ1) is 20.8. The van der Waals surface area contributed by atoms with E-state index in [0.29, 0.717) is 0 Å². The van der Waals surface area contributed by atoms with E-state index in [2.05, 4.69) is 60.7 Å². The number of benzene rings is 2. The highest BCUT2D eigenvalue weighted by molar-refractivity contribution is 7.58. The topological polar surface area (TPSA) is 0 Å². The Labute approximate surface area is 185 Å². The monoisotopic (exact) mass is 418 g/mol. The molecule has 2 aromatic rings. The summed E-state index contributed by atoms with van der Waals surface area (Å²) in [6.45, 7) is 0. The summed E-state index contributed by atoms with van der Waals surface area (Å²) in [6, 6.07) is 23.0. The first-order valence-corrected chi connectivity index (χ1v) is 14.5. The molecule has 3 saturated carbocycles. The molecule has 3 aliphatic rings. The van der Waals surface area contributed by atoms with Crippen molar-refractivity contribution in [3.63, 3.8) is 0 Å². The van der Waals surface area contributed by atoms with Crippen LogP contribution in [0.4, 0.5) is 0 Å². The zero-order chi connectivity index (χ0) is 20.2. The minimum Gasteiger partial charge on any atom is -0.103 e. The molecule has 0 nitrogen and oxygen atoms in total. The Balaban J connectivity index is 1.31. The van der Waals surface area contributed by atoms with Gasteiger partial charge in [-0.3, -0.25) is 0 Å². The Morgan fingerprint density at radius 2 is 1.00 bits per heavy atom. The van der Waals surface area contributed by atoms with E-state index in [1.807, 2.05) is 0 Å². The Bertz CT molecular complexity index is 704. The zero-order valence-electron chi connectivity index (χ0n) is 18.6. The van der Waals surface area contributed by atoms with Gasteiger partial charge in [0, 0.05) is 0 Å². The molecule has 0 spiro atoms. The van der Waals surface area contributed by atoms with Gasteiger partial charge in [-0.1, -0.05) is 86.3 Å². The summed E-state index contributed by atoms with van der Waals surface area (Å²) in [5.74, 6) is 3.59. The fraction of sp³-hybridized carbons (Fsp3) is 0.586. The predicted octanol–water partition coefficient (Wildman–Crippen LogP) is 8.58. The van der Waals surface area contributed by atoms with Crippen LogP contribution in [0.2, 0.25) is 0 Å². The average molecular weight is 419 g/mol. The molecule has 0 amide bonds. The van der Waals surface area contributed by atoms with E-state index in [9.17, 15) is 0 Å². The standard InChI is InChI=1S/C29H39P/c1-3-11-23(12-4-1)28-19-9-15-25(28)21-30(27-17-7-8-18-27)22-26-16-10-20-29(26)24-13-5-2-6-14-24/h1-6,11-14,25-29H,7-10,15-22H2. The predicted molar refractivity (Wildman–Crippen MR) is 132 cm³/mol. The van der Waals surface area contributed by atoms with Crippen molar-refractivity contribution >= 4 is 7.92 Å². The molecule has 2 aromatic carbocycles. The summed E-state index contributed by atoms with van der Waals surface area (Å²) in [4.78, 5) is 0. The van der Waals surface area contributed by atoms with Crippen molar-refractivity contribution in [1.29, 1.82) is 0 Å². The molecule has 0 N–H and O–H groups in total. The molecule has 4 atom stereocenters. The van der Waals surface area contributed by atoms with Crippen LogP contribution in [0.3, 0.4) is 0 Å². The van der Waals surface area contributed by atoms with Gasteiger partial charge in [0.2, 0.25) is 0 Å². The lowest BCUT2D eigenvalue weighted by Gasteiger charge is -2.33. The number of hydrogen-bond acceptors (Lipinski definition) is 0. The van der Waals surface area contributed by atoms with E-state index in [4.69, 9.17) is 0 Å². The van der Waals surface area contributed by atoms with Gasteiger partial charge in [-0.05, 0) is 91.3 Å². The molecule has 3 aliphatic carbocycles. The van der Waals surface area contributed by atoms with Crippen LogP contribution in [0.15, 0.2) is 60.7 Å². The third kappa shape index (κ3) is 4.70. The van der Waals surface area contributed by atoms with Crippen LogP contribution in [0.1, 0.15) is 87.2 Å². The highest BCUT2D eigenvalue weighted by Crippen LogP contribution is 2.57. The Morgan fingerprint density at radius 1 is 0.533 bits per heavy atom. The molecule has 30 heavy (non-hydrogen) atoms. The fourth-order valence-corrected chi connectivity index (χ4v) is 11.0. The van der Waals surface area contributed by atoms with Crippen molar-refractivity contribution in [1.82, 2.24) is 0 Å². The fourth-order valence-electron chi connectivity index (χ4n) is 7.03. The molecule has 3 fully saturated rings. The van der Waals surface area contributed by atoms with Crippen molar-refractivity contribution in [3.8, 4) is 0 Å². The Hall–Kier alpha value is -1.13. The highest BCUT2D eigenvalue weighted by Gasteiger charge is 2.37. The summed E-state index contributed by atoms with van der Waals surface area (Å²) in [5, 5.41) is 0. The maximum Gasteiger partial charge on any atom is -0.0130 e. The van der Waals surface area contributed by atoms with Gasteiger partial charge in [-0.15, -0.1) is 7.92 Å². The first-order valence-electron chi connectivity index (χ1n) is 12.7. The van der Waals surface area contributed by atoms with E-state index in [1.54, 1.807) is 23.5 Å². The van der Waals surface area contributed by atoms with Gasteiger partial charge in [-0.2, -0.15) is 0 Å². The molecular weight excluding hydrogens is 379 g/mol. The molecule has 4 unspecified atom stereocenters. The smallest absolute Gasteiger partial charge is 0.0130 e. The van der Waals surface area contributed by atoms with Gasteiger partial charge in [0.15, 0.2) is 0 Å². The van der Waals surface area contributed by atoms with E-state index >= 15 is 0 Å². The Kier molecular flexibility index (Phi) is 6.91. The SMILES string of the molecule is c1ccc(C2CCCC2CP(CC2CCCC2c2ccccc2)C2CCCC2)cc1. The lowest BCUT2D eigenvalue weighted by molar-refractivity contribution is 0.520. The van der Waals surface area contributed by atoms with Crippen LogP contribution in [0.5, 0.6) is 0 Å². The van der Waals surface area contributed by atoms with Crippen LogP contribution in [-0.2, 0) is 0 Å². The van der Waals surface area contributed by atoms with Crippen molar-refractivity contribution < 1.29 is 0 Å². The quantitative estimate of drug-likeness (QED) is 0.395. The maximum absolute atomic E-state index is 2.41. The molecule has 0 bridgehead atoms.